The predicted octanol–water partition coefficient (Wildman–Crippen LogP) is 3.45. The number of pyridine rings is 1. The largest absolute Gasteiger partial charge is 0.491 e. The zero-order valence-corrected chi connectivity index (χ0v) is 20.7. The quantitative estimate of drug-likeness (QED) is 0.256. The van der Waals surface area contributed by atoms with Crippen LogP contribution < -0.4 is 15.4 Å². The number of aliphatic hydroxyl groups excluding tert-OH is 1. The minimum Gasteiger partial charge on any atom is -0.491 e. The van der Waals surface area contributed by atoms with Crippen LogP contribution in [0.15, 0.2) is 53.6 Å². The van der Waals surface area contributed by atoms with Crippen LogP contribution in [-0.4, -0.2) is 53.9 Å². The van der Waals surface area contributed by atoms with E-state index >= 15 is 0 Å². The number of amides is 1. The van der Waals surface area contributed by atoms with Crippen LogP contribution in [0.25, 0.3) is 16.0 Å². The molecule has 0 atom stereocenters. The van der Waals surface area contributed by atoms with Crippen molar-refractivity contribution in [3.05, 3.63) is 76.6 Å². The highest BCUT2D eigenvalue weighted by Crippen LogP contribution is 2.44. The molecular weight excluding hydrogens is 494 g/mol. The number of carboxylic acids is 1. The van der Waals surface area contributed by atoms with Gasteiger partial charge in [0.1, 0.15) is 29.3 Å². The number of likely N-dealkylation sites (N-methyl/N-ethyl adjacent to an activating group) is 1. The number of nitrogens with zero attached hydrogens (tertiary/aromatic N) is 4. The Kier molecular flexibility index (Phi) is 9.05. The normalized spacial score (nSPS) is 10.3. The SMILES string of the molecule is [C-]#[N+]c1c(N(C)CC(N)=O)nc(SCc2cccc(C(=O)O)c2)c(C#N)c1-c1ccc(OCCO)cc1. The second-order valence-electron chi connectivity index (χ2n) is 7.78. The van der Waals surface area contributed by atoms with E-state index in [0.717, 1.165) is 0 Å². The number of aromatic nitrogens is 1. The van der Waals surface area contributed by atoms with Gasteiger partial charge in [0.15, 0.2) is 0 Å². The van der Waals surface area contributed by atoms with E-state index in [0.29, 0.717) is 33.2 Å². The fraction of sp³-hybridized carbons (Fsp3) is 0.192. The van der Waals surface area contributed by atoms with Crippen molar-refractivity contribution in [2.45, 2.75) is 10.8 Å². The van der Waals surface area contributed by atoms with Gasteiger partial charge in [-0.25, -0.2) is 14.6 Å². The van der Waals surface area contributed by atoms with Crippen LogP contribution >= 0.6 is 11.8 Å². The average molecular weight is 518 g/mol. The van der Waals surface area contributed by atoms with E-state index < -0.39 is 11.9 Å². The first-order valence-corrected chi connectivity index (χ1v) is 11.9. The van der Waals surface area contributed by atoms with E-state index in [9.17, 15) is 20.0 Å². The number of benzene rings is 2. The number of aromatic carboxylic acids is 1. The minimum atomic E-state index is -1.05. The third kappa shape index (κ3) is 6.55. The van der Waals surface area contributed by atoms with Gasteiger partial charge in [0.25, 0.3) is 0 Å². The summed E-state index contributed by atoms with van der Waals surface area (Å²) in [5.41, 5.74) is 7.38. The summed E-state index contributed by atoms with van der Waals surface area (Å²) < 4.78 is 5.41. The van der Waals surface area contributed by atoms with Crippen molar-refractivity contribution in [2.24, 2.45) is 5.73 Å². The lowest BCUT2D eigenvalue weighted by atomic mass is 9.99. The van der Waals surface area contributed by atoms with Gasteiger partial charge in [-0.2, -0.15) is 5.26 Å². The van der Waals surface area contributed by atoms with Crippen LogP contribution in [0.1, 0.15) is 21.5 Å². The summed E-state index contributed by atoms with van der Waals surface area (Å²) in [4.78, 5) is 32.6. The number of thioether (sulfide) groups is 1. The molecule has 11 heteroatoms. The van der Waals surface area contributed by atoms with Crippen molar-refractivity contribution in [3.63, 3.8) is 0 Å². The Morgan fingerprint density at radius 2 is 2.00 bits per heavy atom. The molecule has 3 aromatic rings. The smallest absolute Gasteiger partial charge is 0.335 e. The molecule has 2 aromatic carbocycles. The van der Waals surface area contributed by atoms with E-state index in [2.05, 4.69) is 15.9 Å². The van der Waals surface area contributed by atoms with Crippen LogP contribution in [-0.2, 0) is 10.5 Å². The molecule has 0 fully saturated rings. The number of hydrogen-bond acceptors (Lipinski definition) is 8. The fourth-order valence-corrected chi connectivity index (χ4v) is 4.47. The van der Waals surface area contributed by atoms with Crippen LogP contribution in [0.2, 0.25) is 0 Å². The molecule has 4 N–H and O–H groups in total. The molecule has 0 bridgehead atoms. The number of carbonyl (C=O) groups excluding carboxylic acids is 1. The Labute approximate surface area is 217 Å². The Morgan fingerprint density at radius 3 is 2.59 bits per heavy atom. The van der Waals surface area contributed by atoms with E-state index in [1.807, 2.05) is 0 Å². The summed E-state index contributed by atoms with van der Waals surface area (Å²) in [6, 6.07) is 15.3. The van der Waals surface area contributed by atoms with Crippen LogP contribution in [0.5, 0.6) is 5.75 Å². The lowest BCUT2D eigenvalue weighted by Crippen LogP contribution is -2.31. The van der Waals surface area contributed by atoms with Crippen molar-refractivity contribution in [1.82, 2.24) is 4.98 Å². The summed E-state index contributed by atoms with van der Waals surface area (Å²) in [6.45, 7) is 7.63. The van der Waals surface area contributed by atoms with Gasteiger partial charge in [0.2, 0.25) is 11.6 Å². The van der Waals surface area contributed by atoms with E-state index in [-0.39, 0.29) is 42.4 Å². The number of rotatable bonds is 11. The van der Waals surface area contributed by atoms with E-state index in [4.69, 9.17) is 22.1 Å². The maximum Gasteiger partial charge on any atom is 0.335 e. The summed E-state index contributed by atoms with van der Waals surface area (Å²) in [5.74, 6) is -0.657. The zero-order valence-electron chi connectivity index (χ0n) is 19.8. The van der Waals surface area contributed by atoms with Gasteiger partial charge in [-0.3, -0.25) is 4.79 Å². The van der Waals surface area contributed by atoms with Gasteiger partial charge >= 0.3 is 5.97 Å². The second kappa shape index (κ2) is 12.4. The first kappa shape index (κ1) is 27.0. The van der Waals surface area contributed by atoms with Gasteiger partial charge in [-0.05, 0) is 35.4 Å². The van der Waals surface area contributed by atoms with Gasteiger partial charge in [0, 0.05) is 18.4 Å². The van der Waals surface area contributed by atoms with Crippen LogP contribution in [0.4, 0.5) is 11.5 Å². The molecule has 188 valence electrons. The number of nitriles is 1. The van der Waals surface area contributed by atoms with Crippen molar-refractivity contribution in [1.29, 1.82) is 5.26 Å². The predicted molar refractivity (Wildman–Crippen MR) is 139 cm³/mol. The number of primary amides is 1. The first-order chi connectivity index (χ1) is 17.8. The monoisotopic (exact) mass is 517 g/mol. The number of anilines is 1. The molecule has 0 aliphatic rings. The van der Waals surface area contributed by atoms with Gasteiger partial charge < -0.3 is 25.6 Å². The van der Waals surface area contributed by atoms with Crippen molar-refractivity contribution in [3.8, 4) is 22.9 Å². The van der Waals surface area contributed by atoms with Crippen LogP contribution in [0, 0.1) is 17.9 Å². The average Bonchev–Trinajstić information content (AvgIpc) is 2.89. The van der Waals surface area contributed by atoms with Crippen molar-refractivity contribution < 1.29 is 24.5 Å². The molecule has 0 spiro atoms. The topological polar surface area (TPSA) is 154 Å². The summed E-state index contributed by atoms with van der Waals surface area (Å²) in [6.07, 6.45) is 0. The fourth-order valence-electron chi connectivity index (χ4n) is 3.54. The molecule has 1 aromatic heterocycles. The number of nitrogens with two attached hydrogens (primary N) is 1. The standard InChI is InChI=1S/C26H23N5O5S/c1-29-23-22(17-6-8-19(9-7-17)36-11-10-32)20(13-27)25(30-24(23)31(2)14-21(28)33)37-15-16-4-3-5-18(12-16)26(34)35/h3-9,12,32H,10-11,14-15H2,2H3,(H2,28,33)(H,34,35). The number of ether oxygens (including phenoxy) is 1. The van der Waals surface area contributed by atoms with E-state index in [1.165, 1.54) is 22.7 Å². The third-order valence-electron chi connectivity index (χ3n) is 5.15. The number of aliphatic hydroxyl groups is 1. The van der Waals surface area contributed by atoms with Crippen molar-refractivity contribution in [2.75, 3.05) is 31.7 Å². The summed E-state index contributed by atoms with van der Waals surface area (Å²) >= 11 is 1.21. The summed E-state index contributed by atoms with van der Waals surface area (Å²) in [5, 5.41) is 28.7. The molecule has 0 aliphatic carbocycles. The Hall–Kier alpha value is -4.58. The molecule has 0 aliphatic heterocycles. The second-order valence-corrected chi connectivity index (χ2v) is 8.74. The molecular formula is C26H23N5O5S. The Bertz CT molecular complexity index is 1400. The van der Waals surface area contributed by atoms with Gasteiger partial charge in [-0.1, -0.05) is 24.3 Å². The van der Waals surface area contributed by atoms with Gasteiger partial charge in [-0.15, -0.1) is 11.8 Å². The van der Waals surface area contributed by atoms with Gasteiger partial charge in [0.05, 0.1) is 30.9 Å². The Balaban J connectivity index is 2.14. The highest BCUT2D eigenvalue weighted by Gasteiger charge is 2.24. The highest BCUT2D eigenvalue weighted by atomic mass is 32.2. The molecule has 1 heterocycles. The molecule has 37 heavy (non-hydrogen) atoms. The lowest BCUT2D eigenvalue weighted by molar-refractivity contribution is -0.116. The minimum absolute atomic E-state index is 0.0848. The third-order valence-corrected chi connectivity index (χ3v) is 6.20. The molecule has 0 saturated carbocycles. The molecule has 3 rings (SSSR count). The highest BCUT2D eigenvalue weighted by molar-refractivity contribution is 7.98. The number of carbonyl (C=O) groups is 2. The first-order valence-electron chi connectivity index (χ1n) is 10.9. The zero-order chi connectivity index (χ0) is 26.9. The van der Waals surface area contributed by atoms with Crippen LogP contribution in [0.3, 0.4) is 0 Å². The molecule has 0 radical (unpaired) electrons. The molecule has 0 saturated heterocycles. The molecule has 1 amide bonds. The molecule has 0 unspecified atom stereocenters. The number of carboxylic acid groups (broad SMARTS) is 1. The maximum absolute atomic E-state index is 11.6. The number of hydrogen-bond donors (Lipinski definition) is 3. The van der Waals surface area contributed by atoms with Crippen molar-refractivity contribution >= 4 is 35.1 Å². The molecule has 10 nitrogen and oxygen atoms in total. The van der Waals surface area contributed by atoms with E-state index in [1.54, 1.807) is 49.5 Å². The Morgan fingerprint density at radius 1 is 1.27 bits per heavy atom. The summed E-state index contributed by atoms with van der Waals surface area (Å²) in [7, 11) is 1.58. The maximum atomic E-state index is 11.6. The lowest BCUT2D eigenvalue weighted by Gasteiger charge is -2.22.